The first-order valence-electron chi connectivity index (χ1n) is 6.62. The fraction of sp³-hybridized carbons (Fsp3) is 0.846. The molecule has 0 heterocycles. The summed E-state index contributed by atoms with van der Waals surface area (Å²) in [4.78, 5) is 23.8. The van der Waals surface area contributed by atoms with Crippen LogP contribution in [0.3, 0.4) is 0 Å². The van der Waals surface area contributed by atoms with Crippen LogP contribution in [0.2, 0.25) is 0 Å². The summed E-state index contributed by atoms with van der Waals surface area (Å²) in [7, 11) is 1.57. The normalized spacial score (nSPS) is 13.3. The van der Waals surface area contributed by atoms with E-state index in [-0.39, 0.29) is 11.8 Å². The summed E-state index contributed by atoms with van der Waals surface area (Å²) in [5, 5.41) is 5.33. The first-order chi connectivity index (χ1) is 8.30. The molecule has 106 valence electrons. The van der Waals surface area contributed by atoms with Gasteiger partial charge in [0.05, 0.1) is 5.54 Å². The van der Waals surface area contributed by atoms with E-state index in [0.29, 0.717) is 25.2 Å². The van der Waals surface area contributed by atoms with Crippen molar-refractivity contribution < 1.29 is 9.59 Å². The predicted molar refractivity (Wildman–Crippen MR) is 73.0 cm³/mol. The van der Waals surface area contributed by atoms with Crippen molar-refractivity contribution in [3.05, 3.63) is 0 Å². The highest BCUT2D eigenvalue weighted by molar-refractivity contribution is 5.91. The molecule has 2 amide bonds. The molecule has 0 bridgehead atoms. The van der Waals surface area contributed by atoms with Gasteiger partial charge in [-0.15, -0.1) is 0 Å². The number of carbonyl (C=O) groups is 2. The van der Waals surface area contributed by atoms with Gasteiger partial charge < -0.3 is 16.4 Å². The number of hydrogen-bond acceptors (Lipinski definition) is 3. The fourth-order valence-electron chi connectivity index (χ4n) is 1.75. The van der Waals surface area contributed by atoms with Crippen LogP contribution in [0.1, 0.15) is 47.0 Å². The molecule has 0 saturated heterocycles. The summed E-state index contributed by atoms with van der Waals surface area (Å²) in [6.45, 7) is 7.77. The van der Waals surface area contributed by atoms with E-state index in [1.54, 1.807) is 7.05 Å². The van der Waals surface area contributed by atoms with Crippen molar-refractivity contribution >= 4 is 11.8 Å². The third-order valence-corrected chi connectivity index (χ3v) is 3.29. The van der Waals surface area contributed by atoms with E-state index in [1.807, 2.05) is 27.7 Å². The van der Waals surface area contributed by atoms with Crippen molar-refractivity contribution in [3.63, 3.8) is 0 Å². The number of likely N-dealkylation sites (N-methyl/N-ethyl adjacent to an activating group) is 1. The molecule has 0 rings (SSSR count). The monoisotopic (exact) mass is 257 g/mol. The first kappa shape index (κ1) is 16.9. The number of carbonyl (C=O) groups excluding carboxylic acids is 2. The molecule has 0 aliphatic heterocycles. The quantitative estimate of drug-likeness (QED) is 0.630. The molecule has 18 heavy (non-hydrogen) atoms. The third-order valence-electron chi connectivity index (χ3n) is 3.29. The topological polar surface area (TPSA) is 84.2 Å². The van der Waals surface area contributed by atoms with E-state index in [4.69, 9.17) is 5.73 Å². The summed E-state index contributed by atoms with van der Waals surface area (Å²) >= 11 is 0. The maximum absolute atomic E-state index is 12.1. The molecule has 1 unspecified atom stereocenters. The van der Waals surface area contributed by atoms with E-state index in [2.05, 4.69) is 10.6 Å². The average Bonchev–Trinajstić information content (AvgIpc) is 2.35. The largest absolute Gasteiger partial charge is 0.357 e. The van der Waals surface area contributed by atoms with Crippen LogP contribution in [-0.2, 0) is 9.59 Å². The van der Waals surface area contributed by atoms with Gasteiger partial charge in [0.1, 0.15) is 6.04 Å². The number of nitrogens with two attached hydrogens (primary N) is 1. The predicted octanol–water partition coefficient (Wildman–Crippen LogP) is 0.781. The van der Waals surface area contributed by atoms with Gasteiger partial charge >= 0.3 is 0 Å². The lowest BCUT2D eigenvalue weighted by molar-refractivity contribution is -0.132. The smallest absolute Gasteiger partial charge is 0.242 e. The Kier molecular flexibility index (Phi) is 6.91. The van der Waals surface area contributed by atoms with Gasteiger partial charge in [0.25, 0.3) is 0 Å². The molecule has 0 aromatic rings. The highest BCUT2D eigenvalue weighted by Gasteiger charge is 2.33. The van der Waals surface area contributed by atoms with Crippen molar-refractivity contribution in [2.75, 3.05) is 7.05 Å². The summed E-state index contributed by atoms with van der Waals surface area (Å²) in [6, 6.07) is -0.511. The molecule has 1 atom stereocenters. The van der Waals surface area contributed by atoms with Crippen LogP contribution in [0.4, 0.5) is 0 Å². The van der Waals surface area contributed by atoms with Gasteiger partial charge in [0, 0.05) is 7.05 Å². The SMILES string of the molecule is CCC(N)(CC)C(=O)NC(CC(C)C)C(=O)NC. The molecule has 0 aromatic heterocycles. The van der Waals surface area contributed by atoms with Crippen LogP contribution in [0.15, 0.2) is 0 Å². The van der Waals surface area contributed by atoms with Crippen LogP contribution >= 0.6 is 0 Å². The average molecular weight is 257 g/mol. The Labute approximate surface area is 110 Å². The molecule has 4 N–H and O–H groups in total. The second-order valence-electron chi connectivity index (χ2n) is 5.13. The summed E-state index contributed by atoms with van der Waals surface area (Å²) in [6.07, 6.45) is 1.71. The van der Waals surface area contributed by atoms with Gasteiger partial charge in [-0.3, -0.25) is 9.59 Å². The Hall–Kier alpha value is -1.10. The Morgan fingerprint density at radius 1 is 1.22 bits per heavy atom. The zero-order valence-corrected chi connectivity index (χ0v) is 12.2. The van der Waals surface area contributed by atoms with E-state index >= 15 is 0 Å². The number of rotatable bonds is 7. The van der Waals surface area contributed by atoms with Crippen LogP contribution < -0.4 is 16.4 Å². The van der Waals surface area contributed by atoms with Crippen LogP contribution in [0.5, 0.6) is 0 Å². The van der Waals surface area contributed by atoms with E-state index < -0.39 is 11.6 Å². The molecule has 5 heteroatoms. The minimum Gasteiger partial charge on any atom is -0.357 e. The van der Waals surface area contributed by atoms with Crippen LogP contribution in [0, 0.1) is 5.92 Å². The second-order valence-corrected chi connectivity index (χ2v) is 5.13. The molecule has 0 fully saturated rings. The maximum atomic E-state index is 12.1. The maximum Gasteiger partial charge on any atom is 0.242 e. The molecule has 5 nitrogen and oxygen atoms in total. The van der Waals surface area contributed by atoms with Gasteiger partial charge in [-0.05, 0) is 25.2 Å². The molecule has 0 spiro atoms. The molecule has 0 radical (unpaired) electrons. The van der Waals surface area contributed by atoms with Gasteiger partial charge in [0.15, 0.2) is 0 Å². The minimum absolute atomic E-state index is 0.174. The summed E-state index contributed by atoms with van der Waals surface area (Å²) < 4.78 is 0. The van der Waals surface area contributed by atoms with Gasteiger partial charge in [-0.25, -0.2) is 0 Å². The molecule has 0 aromatic carbocycles. The number of hydrogen-bond donors (Lipinski definition) is 3. The standard InChI is InChI=1S/C13H27N3O2/c1-6-13(14,7-2)12(18)16-10(8-9(3)4)11(17)15-5/h9-10H,6-8,14H2,1-5H3,(H,15,17)(H,16,18). The van der Waals surface area contributed by atoms with Gasteiger partial charge in [-0.1, -0.05) is 27.7 Å². The Balaban J connectivity index is 4.77. The van der Waals surface area contributed by atoms with Crippen molar-refractivity contribution in [3.8, 4) is 0 Å². The first-order valence-corrected chi connectivity index (χ1v) is 6.62. The van der Waals surface area contributed by atoms with Crippen molar-refractivity contribution in [2.24, 2.45) is 11.7 Å². The van der Waals surface area contributed by atoms with Crippen molar-refractivity contribution in [2.45, 2.75) is 58.5 Å². The highest BCUT2D eigenvalue weighted by Crippen LogP contribution is 2.13. The number of nitrogens with one attached hydrogen (secondary N) is 2. The lowest BCUT2D eigenvalue weighted by atomic mass is 9.92. The van der Waals surface area contributed by atoms with Crippen molar-refractivity contribution in [1.29, 1.82) is 0 Å². The van der Waals surface area contributed by atoms with E-state index in [0.717, 1.165) is 0 Å². The van der Waals surface area contributed by atoms with Crippen LogP contribution in [-0.4, -0.2) is 30.4 Å². The molecular weight excluding hydrogens is 230 g/mol. The highest BCUT2D eigenvalue weighted by atomic mass is 16.2. The molecule has 0 aliphatic carbocycles. The lowest BCUT2D eigenvalue weighted by Gasteiger charge is -2.28. The molecule has 0 saturated carbocycles. The Morgan fingerprint density at radius 3 is 2.06 bits per heavy atom. The zero-order chi connectivity index (χ0) is 14.3. The second kappa shape index (κ2) is 7.36. The lowest BCUT2D eigenvalue weighted by Crippen LogP contribution is -2.58. The van der Waals surface area contributed by atoms with Gasteiger partial charge in [-0.2, -0.15) is 0 Å². The van der Waals surface area contributed by atoms with E-state index in [9.17, 15) is 9.59 Å². The van der Waals surface area contributed by atoms with E-state index in [1.165, 1.54) is 0 Å². The van der Waals surface area contributed by atoms with Crippen molar-refractivity contribution in [1.82, 2.24) is 10.6 Å². The fourth-order valence-corrected chi connectivity index (χ4v) is 1.75. The minimum atomic E-state index is -0.886. The Morgan fingerprint density at radius 2 is 1.72 bits per heavy atom. The molecular formula is C13H27N3O2. The Bertz CT molecular complexity index is 286. The zero-order valence-electron chi connectivity index (χ0n) is 12.2. The third kappa shape index (κ3) is 4.64. The number of amides is 2. The summed E-state index contributed by atoms with van der Waals surface area (Å²) in [5.74, 6) is -0.101. The van der Waals surface area contributed by atoms with Crippen LogP contribution in [0.25, 0.3) is 0 Å². The molecule has 0 aliphatic rings. The van der Waals surface area contributed by atoms with Gasteiger partial charge in [0.2, 0.25) is 11.8 Å². The summed E-state index contributed by atoms with van der Waals surface area (Å²) in [5.41, 5.74) is 5.13.